The Morgan fingerprint density at radius 3 is 2.50 bits per heavy atom. The van der Waals surface area contributed by atoms with Crippen LogP contribution in [0.2, 0.25) is 5.02 Å². The van der Waals surface area contributed by atoms with E-state index < -0.39 is 0 Å². The zero-order valence-electron chi connectivity index (χ0n) is 16.1. The van der Waals surface area contributed by atoms with Crippen LogP contribution in [0.15, 0.2) is 66.0 Å². The minimum Gasteiger partial charge on any atom is -0.393 e. The quantitative estimate of drug-likeness (QED) is 0.550. The van der Waals surface area contributed by atoms with E-state index >= 15 is 0 Å². The third-order valence-corrected chi connectivity index (χ3v) is 5.76. The highest BCUT2D eigenvalue weighted by Gasteiger charge is 2.18. The van der Waals surface area contributed by atoms with Crippen LogP contribution in [0.4, 0.5) is 5.82 Å². The number of nitrogens with zero attached hydrogens (tertiary/aromatic N) is 5. The molecule has 3 aromatic heterocycles. The Morgan fingerprint density at radius 1 is 1.03 bits per heavy atom. The molecule has 4 aromatic rings. The monoisotopic (exact) mass is 421 g/mol. The van der Waals surface area contributed by atoms with Crippen molar-refractivity contribution in [2.45, 2.75) is 18.9 Å². The molecule has 0 spiro atoms. The fraction of sp³-hybridized carbons (Fsp3) is 0.227. The van der Waals surface area contributed by atoms with Crippen molar-refractivity contribution in [2.24, 2.45) is 0 Å². The number of aromatic nitrogens is 4. The van der Waals surface area contributed by atoms with Crippen LogP contribution in [0.3, 0.4) is 0 Å². The molecule has 1 fully saturated rings. The third kappa shape index (κ3) is 3.46. The van der Waals surface area contributed by atoms with Gasteiger partial charge in [0.15, 0.2) is 0 Å². The molecule has 0 unspecified atom stereocenters. The first kappa shape index (κ1) is 18.8. The number of halogens is 1. The number of fused-ring (bicyclic) bond motifs is 1. The van der Waals surface area contributed by atoms with Crippen LogP contribution in [0.5, 0.6) is 0 Å². The van der Waals surface area contributed by atoms with Crippen LogP contribution < -0.4 is 10.5 Å². The molecular weight excluding hydrogens is 402 g/mol. The molecule has 0 atom stereocenters. The largest absolute Gasteiger partial charge is 0.393 e. The van der Waals surface area contributed by atoms with Crippen molar-refractivity contribution in [3.05, 3.63) is 76.6 Å². The molecule has 5 rings (SSSR count). The van der Waals surface area contributed by atoms with Crippen molar-refractivity contribution < 1.29 is 5.11 Å². The van der Waals surface area contributed by atoms with E-state index in [9.17, 15) is 9.90 Å². The van der Waals surface area contributed by atoms with Crippen LogP contribution in [0.25, 0.3) is 22.3 Å². The van der Waals surface area contributed by atoms with Crippen LogP contribution in [-0.2, 0) is 0 Å². The minimum atomic E-state index is -0.225. The molecule has 0 bridgehead atoms. The average molecular weight is 422 g/mol. The van der Waals surface area contributed by atoms with E-state index in [4.69, 9.17) is 11.6 Å². The molecule has 0 saturated carbocycles. The SMILES string of the molecule is O=c1c2cc(-c3ccc(Cl)cc3)cn2ncn1-c1ccc(N2CCC(O)CC2)nc1. The number of hydrogen-bond donors (Lipinski definition) is 1. The number of aliphatic hydroxyl groups is 1. The lowest BCUT2D eigenvalue weighted by molar-refractivity contribution is 0.145. The van der Waals surface area contributed by atoms with Gasteiger partial charge >= 0.3 is 0 Å². The third-order valence-electron chi connectivity index (χ3n) is 5.51. The van der Waals surface area contributed by atoms with Crippen molar-refractivity contribution >= 4 is 22.9 Å². The van der Waals surface area contributed by atoms with Gasteiger partial charge < -0.3 is 10.0 Å². The second kappa shape index (κ2) is 7.59. The summed E-state index contributed by atoms with van der Waals surface area (Å²) >= 11 is 5.97. The van der Waals surface area contributed by atoms with E-state index in [2.05, 4.69) is 15.0 Å². The standard InChI is InChI=1S/C22H20ClN5O2/c23-17-3-1-15(2-4-17)16-11-20-22(30)27(14-25-28(20)13-16)18-5-6-21(24-12-18)26-9-7-19(29)8-10-26/h1-6,11-14,19,29H,7-10H2. The van der Waals surface area contributed by atoms with Crippen molar-refractivity contribution in [1.82, 2.24) is 19.2 Å². The van der Waals surface area contributed by atoms with E-state index in [0.717, 1.165) is 42.9 Å². The van der Waals surface area contributed by atoms with Crippen molar-refractivity contribution in [2.75, 3.05) is 18.0 Å². The van der Waals surface area contributed by atoms with Gasteiger partial charge in [0, 0.05) is 29.9 Å². The van der Waals surface area contributed by atoms with Crippen molar-refractivity contribution in [1.29, 1.82) is 0 Å². The maximum atomic E-state index is 13.1. The molecule has 1 aliphatic rings. The Balaban J connectivity index is 1.46. The molecule has 152 valence electrons. The first-order valence-corrected chi connectivity index (χ1v) is 10.2. The Bertz CT molecular complexity index is 1240. The number of benzene rings is 1. The number of hydrogen-bond acceptors (Lipinski definition) is 5. The van der Waals surface area contributed by atoms with E-state index in [-0.39, 0.29) is 11.7 Å². The zero-order chi connectivity index (χ0) is 20.7. The molecule has 1 saturated heterocycles. The average Bonchev–Trinajstić information content (AvgIpc) is 3.21. The Labute approximate surface area is 177 Å². The van der Waals surface area contributed by atoms with Gasteiger partial charge in [-0.1, -0.05) is 23.7 Å². The molecular formula is C22H20ClN5O2. The second-order valence-corrected chi connectivity index (χ2v) is 7.90. The lowest BCUT2D eigenvalue weighted by atomic mass is 10.1. The summed E-state index contributed by atoms with van der Waals surface area (Å²) in [6.45, 7) is 1.55. The topological polar surface area (TPSA) is 75.7 Å². The van der Waals surface area contributed by atoms with Gasteiger partial charge in [-0.25, -0.2) is 9.50 Å². The van der Waals surface area contributed by atoms with Crippen molar-refractivity contribution in [3.8, 4) is 16.8 Å². The van der Waals surface area contributed by atoms with Gasteiger partial charge in [-0.05, 0) is 48.7 Å². The molecule has 0 aliphatic carbocycles. The molecule has 1 aromatic carbocycles. The maximum absolute atomic E-state index is 13.1. The minimum absolute atomic E-state index is 0.166. The first-order valence-electron chi connectivity index (χ1n) is 9.84. The van der Waals surface area contributed by atoms with Crippen LogP contribution in [0, 0.1) is 0 Å². The summed E-state index contributed by atoms with van der Waals surface area (Å²) in [5, 5.41) is 14.7. The van der Waals surface area contributed by atoms with Gasteiger partial charge in [0.2, 0.25) is 0 Å². The summed E-state index contributed by atoms with van der Waals surface area (Å²) in [6, 6.07) is 13.1. The first-order chi connectivity index (χ1) is 14.6. The zero-order valence-corrected chi connectivity index (χ0v) is 16.9. The van der Waals surface area contributed by atoms with Gasteiger partial charge in [0.25, 0.3) is 5.56 Å². The van der Waals surface area contributed by atoms with Crippen LogP contribution in [0.1, 0.15) is 12.8 Å². The summed E-state index contributed by atoms with van der Waals surface area (Å²) in [5.41, 5.74) is 2.84. The van der Waals surface area contributed by atoms with Crippen LogP contribution in [-0.4, -0.2) is 43.5 Å². The number of pyridine rings is 1. The molecule has 1 N–H and O–H groups in total. The number of aliphatic hydroxyl groups excluding tert-OH is 1. The molecule has 8 heteroatoms. The van der Waals surface area contributed by atoms with Crippen molar-refractivity contribution in [3.63, 3.8) is 0 Å². The Kier molecular flexibility index (Phi) is 4.77. The summed E-state index contributed by atoms with van der Waals surface area (Å²) < 4.78 is 3.08. The van der Waals surface area contributed by atoms with E-state index in [1.807, 2.05) is 48.7 Å². The lowest BCUT2D eigenvalue weighted by Gasteiger charge is -2.30. The van der Waals surface area contributed by atoms with Gasteiger partial charge in [0.05, 0.1) is 18.0 Å². The fourth-order valence-corrected chi connectivity index (χ4v) is 3.90. The van der Waals surface area contributed by atoms with Gasteiger partial charge in [0.1, 0.15) is 17.7 Å². The highest BCUT2D eigenvalue weighted by atomic mass is 35.5. The second-order valence-electron chi connectivity index (χ2n) is 7.46. The molecule has 30 heavy (non-hydrogen) atoms. The van der Waals surface area contributed by atoms with E-state index in [0.29, 0.717) is 16.2 Å². The molecule has 7 nitrogen and oxygen atoms in total. The normalized spacial score (nSPS) is 15.1. The Hall–Kier alpha value is -3.16. The van der Waals surface area contributed by atoms with E-state index in [1.54, 1.807) is 10.7 Å². The smallest absolute Gasteiger partial charge is 0.282 e. The molecule has 1 aliphatic heterocycles. The predicted molar refractivity (Wildman–Crippen MR) is 116 cm³/mol. The van der Waals surface area contributed by atoms with Gasteiger partial charge in [-0.3, -0.25) is 9.36 Å². The van der Waals surface area contributed by atoms with Gasteiger partial charge in [-0.2, -0.15) is 5.10 Å². The molecule has 4 heterocycles. The highest BCUT2D eigenvalue weighted by Crippen LogP contribution is 2.23. The summed E-state index contributed by atoms with van der Waals surface area (Å²) in [4.78, 5) is 19.7. The summed E-state index contributed by atoms with van der Waals surface area (Å²) in [7, 11) is 0. The number of anilines is 1. The fourth-order valence-electron chi connectivity index (χ4n) is 3.78. The highest BCUT2D eigenvalue weighted by molar-refractivity contribution is 6.30. The lowest BCUT2D eigenvalue weighted by Crippen LogP contribution is -2.36. The van der Waals surface area contributed by atoms with Gasteiger partial charge in [-0.15, -0.1) is 0 Å². The van der Waals surface area contributed by atoms with Crippen LogP contribution >= 0.6 is 11.6 Å². The number of piperidine rings is 1. The number of rotatable bonds is 3. The molecule has 0 amide bonds. The Morgan fingerprint density at radius 2 is 1.80 bits per heavy atom. The van der Waals surface area contributed by atoms with E-state index in [1.165, 1.54) is 10.9 Å². The summed E-state index contributed by atoms with van der Waals surface area (Å²) in [5.74, 6) is 0.848. The predicted octanol–water partition coefficient (Wildman–Crippen LogP) is 3.16. The maximum Gasteiger partial charge on any atom is 0.282 e. The summed E-state index contributed by atoms with van der Waals surface area (Å²) in [6.07, 6.45) is 6.28. The molecule has 0 radical (unpaired) electrons.